The number of nitrogens with zero attached hydrogens (tertiary/aromatic N) is 2. The molecule has 1 aromatic rings. The smallest absolute Gasteiger partial charge is 0.236 e. The first kappa shape index (κ1) is 12.1. The van der Waals surface area contributed by atoms with Crippen LogP contribution in [0.25, 0.3) is 0 Å². The summed E-state index contributed by atoms with van der Waals surface area (Å²) in [5.41, 5.74) is 1.72. The maximum absolute atomic E-state index is 11.9. The summed E-state index contributed by atoms with van der Waals surface area (Å²) in [4.78, 5) is 13.7. The second-order valence-electron chi connectivity index (χ2n) is 4.18. The van der Waals surface area contributed by atoms with Crippen LogP contribution in [0.5, 0.6) is 0 Å². The Balaban J connectivity index is 2.05. The number of piperidine rings is 1. The third-order valence-corrected chi connectivity index (χ3v) is 3.77. The maximum atomic E-state index is 11.9. The Hall–Kier alpha value is -1.34. The van der Waals surface area contributed by atoms with Gasteiger partial charge in [-0.1, -0.05) is 28.1 Å². The lowest BCUT2D eigenvalue weighted by Gasteiger charge is -2.29. The standard InChI is InChI=1S/C13H13BrN2O/c14-12-2-1-7-16(13(12)17)9-11-5-3-10(8-15)4-6-11/h3-6,12H,1-2,7,9H2. The Bertz CT molecular complexity index is 449. The van der Waals surface area contributed by atoms with Gasteiger partial charge < -0.3 is 4.90 Å². The molecule has 88 valence electrons. The Labute approximate surface area is 109 Å². The normalized spacial score (nSPS) is 20.1. The van der Waals surface area contributed by atoms with Crippen LogP contribution in [-0.2, 0) is 11.3 Å². The summed E-state index contributed by atoms with van der Waals surface area (Å²) < 4.78 is 0. The maximum Gasteiger partial charge on any atom is 0.236 e. The number of alkyl halides is 1. The van der Waals surface area contributed by atoms with Crippen LogP contribution in [-0.4, -0.2) is 22.2 Å². The molecule has 0 radical (unpaired) electrons. The molecular weight excluding hydrogens is 280 g/mol. The highest BCUT2D eigenvalue weighted by Crippen LogP contribution is 2.20. The van der Waals surface area contributed by atoms with Gasteiger partial charge in [0.25, 0.3) is 0 Å². The molecule has 0 N–H and O–H groups in total. The number of nitriles is 1. The fourth-order valence-corrected chi connectivity index (χ4v) is 2.57. The number of amides is 1. The van der Waals surface area contributed by atoms with Crippen molar-refractivity contribution in [3.05, 3.63) is 35.4 Å². The molecule has 1 fully saturated rings. The van der Waals surface area contributed by atoms with E-state index in [0.29, 0.717) is 12.1 Å². The van der Waals surface area contributed by atoms with Crippen LogP contribution in [0, 0.1) is 11.3 Å². The average molecular weight is 293 g/mol. The first-order valence-electron chi connectivity index (χ1n) is 5.62. The van der Waals surface area contributed by atoms with Crippen molar-refractivity contribution in [2.45, 2.75) is 24.2 Å². The minimum absolute atomic E-state index is 0.0327. The fourth-order valence-electron chi connectivity index (χ4n) is 1.96. The van der Waals surface area contributed by atoms with Gasteiger partial charge >= 0.3 is 0 Å². The second kappa shape index (κ2) is 5.33. The zero-order valence-corrected chi connectivity index (χ0v) is 11.0. The van der Waals surface area contributed by atoms with Gasteiger partial charge in [0.05, 0.1) is 16.5 Å². The molecule has 0 aromatic heterocycles. The number of hydrogen-bond acceptors (Lipinski definition) is 2. The number of hydrogen-bond donors (Lipinski definition) is 0. The van der Waals surface area contributed by atoms with E-state index in [-0.39, 0.29) is 10.7 Å². The van der Waals surface area contributed by atoms with Crippen molar-refractivity contribution in [1.82, 2.24) is 4.90 Å². The predicted octanol–water partition coefficient (Wildman–Crippen LogP) is 2.44. The summed E-state index contributed by atoms with van der Waals surface area (Å²) in [6.45, 7) is 1.45. The van der Waals surface area contributed by atoms with Gasteiger partial charge in [-0.25, -0.2) is 0 Å². The third kappa shape index (κ3) is 2.86. The third-order valence-electron chi connectivity index (χ3n) is 2.92. The Morgan fingerprint density at radius 1 is 1.41 bits per heavy atom. The molecule has 1 amide bonds. The van der Waals surface area contributed by atoms with E-state index in [1.54, 1.807) is 12.1 Å². The second-order valence-corrected chi connectivity index (χ2v) is 5.28. The predicted molar refractivity (Wildman–Crippen MR) is 68.5 cm³/mol. The Morgan fingerprint density at radius 3 is 2.76 bits per heavy atom. The molecule has 1 saturated heterocycles. The van der Waals surface area contributed by atoms with Gasteiger partial charge in [0.1, 0.15) is 0 Å². The summed E-state index contributed by atoms with van der Waals surface area (Å²) >= 11 is 3.40. The molecular formula is C13H13BrN2O. The van der Waals surface area contributed by atoms with Gasteiger partial charge in [-0.2, -0.15) is 5.26 Å². The highest BCUT2D eigenvalue weighted by atomic mass is 79.9. The zero-order chi connectivity index (χ0) is 12.3. The molecule has 1 unspecified atom stereocenters. The number of halogens is 1. The number of carbonyl (C=O) groups is 1. The lowest BCUT2D eigenvalue weighted by Crippen LogP contribution is -2.41. The van der Waals surface area contributed by atoms with Crippen molar-refractivity contribution in [2.24, 2.45) is 0 Å². The van der Waals surface area contributed by atoms with Gasteiger partial charge in [0.2, 0.25) is 5.91 Å². The summed E-state index contributed by atoms with van der Waals surface area (Å²) in [5.74, 6) is 0.167. The van der Waals surface area contributed by atoms with E-state index in [2.05, 4.69) is 22.0 Å². The Kier molecular flexibility index (Phi) is 3.80. The van der Waals surface area contributed by atoms with E-state index in [1.165, 1.54) is 0 Å². The molecule has 1 aromatic carbocycles. The minimum atomic E-state index is -0.0327. The van der Waals surface area contributed by atoms with E-state index < -0.39 is 0 Å². The summed E-state index contributed by atoms with van der Waals surface area (Å²) in [6.07, 6.45) is 1.96. The van der Waals surface area contributed by atoms with Gasteiger partial charge in [-0.3, -0.25) is 4.79 Å². The number of benzene rings is 1. The number of likely N-dealkylation sites (tertiary alicyclic amines) is 1. The quantitative estimate of drug-likeness (QED) is 0.786. The van der Waals surface area contributed by atoms with E-state index in [4.69, 9.17) is 5.26 Å². The molecule has 1 heterocycles. The highest BCUT2D eigenvalue weighted by Gasteiger charge is 2.26. The monoisotopic (exact) mass is 292 g/mol. The van der Waals surface area contributed by atoms with Crippen LogP contribution in [0.15, 0.2) is 24.3 Å². The van der Waals surface area contributed by atoms with Crippen molar-refractivity contribution in [2.75, 3.05) is 6.54 Å². The van der Waals surface area contributed by atoms with E-state index in [1.807, 2.05) is 17.0 Å². The molecule has 2 rings (SSSR count). The Morgan fingerprint density at radius 2 is 2.12 bits per heavy atom. The first-order chi connectivity index (χ1) is 8.20. The van der Waals surface area contributed by atoms with Crippen LogP contribution in [0.4, 0.5) is 0 Å². The van der Waals surface area contributed by atoms with Crippen molar-refractivity contribution in [3.63, 3.8) is 0 Å². The van der Waals surface area contributed by atoms with Crippen LogP contribution in [0.3, 0.4) is 0 Å². The van der Waals surface area contributed by atoms with Gasteiger partial charge in [0.15, 0.2) is 0 Å². The molecule has 3 nitrogen and oxygen atoms in total. The summed E-state index contributed by atoms with van der Waals surface area (Å²) in [7, 11) is 0. The molecule has 1 aliphatic rings. The van der Waals surface area contributed by atoms with Gasteiger partial charge in [0, 0.05) is 13.1 Å². The lowest BCUT2D eigenvalue weighted by atomic mass is 10.1. The summed E-state index contributed by atoms with van der Waals surface area (Å²) in [5, 5.41) is 8.71. The van der Waals surface area contributed by atoms with Crippen LogP contribution in [0.1, 0.15) is 24.0 Å². The molecule has 0 saturated carbocycles. The van der Waals surface area contributed by atoms with E-state index in [0.717, 1.165) is 24.9 Å². The highest BCUT2D eigenvalue weighted by molar-refractivity contribution is 9.10. The molecule has 1 aliphatic heterocycles. The average Bonchev–Trinajstić information content (AvgIpc) is 2.36. The minimum Gasteiger partial charge on any atom is -0.337 e. The molecule has 0 bridgehead atoms. The van der Waals surface area contributed by atoms with E-state index >= 15 is 0 Å². The topological polar surface area (TPSA) is 44.1 Å². The van der Waals surface area contributed by atoms with Crippen molar-refractivity contribution < 1.29 is 4.79 Å². The number of rotatable bonds is 2. The van der Waals surface area contributed by atoms with E-state index in [9.17, 15) is 4.79 Å². The van der Waals surface area contributed by atoms with Crippen LogP contribution >= 0.6 is 15.9 Å². The van der Waals surface area contributed by atoms with Crippen LogP contribution in [0.2, 0.25) is 0 Å². The van der Waals surface area contributed by atoms with Crippen molar-refractivity contribution in [1.29, 1.82) is 5.26 Å². The van der Waals surface area contributed by atoms with Crippen molar-refractivity contribution in [3.8, 4) is 6.07 Å². The number of carbonyl (C=O) groups excluding carboxylic acids is 1. The molecule has 1 atom stereocenters. The molecule has 17 heavy (non-hydrogen) atoms. The van der Waals surface area contributed by atoms with Gasteiger partial charge in [-0.05, 0) is 30.5 Å². The van der Waals surface area contributed by atoms with Crippen LogP contribution < -0.4 is 0 Å². The first-order valence-corrected chi connectivity index (χ1v) is 6.54. The van der Waals surface area contributed by atoms with Gasteiger partial charge in [-0.15, -0.1) is 0 Å². The largest absolute Gasteiger partial charge is 0.337 e. The lowest BCUT2D eigenvalue weighted by molar-refractivity contribution is -0.133. The zero-order valence-electron chi connectivity index (χ0n) is 9.40. The fraction of sp³-hybridized carbons (Fsp3) is 0.385. The SMILES string of the molecule is N#Cc1ccc(CN2CCCC(Br)C2=O)cc1. The summed E-state index contributed by atoms with van der Waals surface area (Å²) in [6, 6.07) is 9.47. The molecule has 4 heteroatoms. The molecule has 0 aliphatic carbocycles. The molecule has 0 spiro atoms. The van der Waals surface area contributed by atoms with Crippen molar-refractivity contribution >= 4 is 21.8 Å².